The van der Waals surface area contributed by atoms with Crippen molar-refractivity contribution < 1.29 is 4.79 Å². The first-order valence-corrected chi connectivity index (χ1v) is 7.43. The van der Waals surface area contributed by atoms with Gasteiger partial charge in [0.1, 0.15) is 0 Å². The lowest BCUT2D eigenvalue weighted by Gasteiger charge is -2.37. The summed E-state index contributed by atoms with van der Waals surface area (Å²) < 4.78 is 0. The number of piperidine rings is 1. The molecule has 1 heterocycles. The van der Waals surface area contributed by atoms with Crippen LogP contribution < -0.4 is 11.1 Å². The van der Waals surface area contributed by atoms with E-state index in [1.807, 2.05) is 24.3 Å². The summed E-state index contributed by atoms with van der Waals surface area (Å²) in [4.78, 5) is 14.4. The summed E-state index contributed by atoms with van der Waals surface area (Å²) in [6.45, 7) is 6.45. The Labute approximate surface area is 121 Å². The van der Waals surface area contributed by atoms with Crippen molar-refractivity contribution in [2.24, 2.45) is 11.7 Å². The van der Waals surface area contributed by atoms with Gasteiger partial charge in [-0.2, -0.15) is 0 Å². The molecule has 0 aromatic heterocycles. The van der Waals surface area contributed by atoms with E-state index in [1.54, 1.807) is 0 Å². The first kappa shape index (κ1) is 15.0. The Balaban J connectivity index is 1.91. The standard InChI is InChI=1S/C16H25N3O/c1-12-5-4-8-19(13(12)2)11-16(20)18-15-7-3-6-14(9-15)10-17/h3,6-7,9,12-13H,4-5,8,10-11,17H2,1-2H3,(H,18,20). The highest BCUT2D eigenvalue weighted by atomic mass is 16.2. The molecule has 110 valence electrons. The normalized spacial score (nSPS) is 23.6. The maximum atomic E-state index is 12.1. The van der Waals surface area contributed by atoms with E-state index >= 15 is 0 Å². The zero-order valence-electron chi connectivity index (χ0n) is 12.4. The Morgan fingerprint density at radius 2 is 2.25 bits per heavy atom. The molecule has 2 unspecified atom stereocenters. The molecule has 0 bridgehead atoms. The minimum Gasteiger partial charge on any atom is -0.326 e. The van der Waals surface area contributed by atoms with Crippen LogP contribution in [0, 0.1) is 5.92 Å². The fraction of sp³-hybridized carbons (Fsp3) is 0.562. The maximum Gasteiger partial charge on any atom is 0.238 e. The quantitative estimate of drug-likeness (QED) is 0.885. The third-order valence-corrected chi connectivity index (χ3v) is 4.30. The van der Waals surface area contributed by atoms with Crippen LogP contribution in [0.1, 0.15) is 32.3 Å². The van der Waals surface area contributed by atoms with Gasteiger partial charge in [-0.3, -0.25) is 9.69 Å². The lowest BCUT2D eigenvalue weighted by Crippen LogP contribution is -2.46. The predicted molar refractivity (Wildman–Crippen MR) is 82.4 cm³/mol. The average molecular weight is 275 g/mol. The summed E-state index contributed by atoms with van der Waals surface area (Å²) in [5.74, 6) is 0.720. The number of carbonyl (C=O) groups excluding carboxylic acids is 1. The van der Waals surface area contributed by atoms with Crippen molar-refractivity contribution in [3.05, 3.63) is 29.8 Å². The first-order valence-electron chi connectivity index (χ1n) is 7.43. The van der Waals surface area contributed by atoms with E-state index in [1.165, 1.54) is 12.8 Å². The molecule has 1 saturated heterocycles. The molecule has 0 aliphatic carbocycles. The van der Waals surface area contributed by atoms with E-state index in [-0.39, 0.29) is 5.91 Å². The molecule has 1 aromatic rings. The number of nitrogens with zero attached hydrogens (tertiary/aromatic N) is 1. The van der Waals surface area contributed by atoms with Gasteiger partial charge in [0.05, 0.1) is 6.54 Å². The van der Waals surface area contributed by atoms with E-state index in [0.717, 1.165) is 17.8 Å². The Kier molecular flexibility index (Phi) is 5.15. The van der Waals surface area contributed by atoms with E-state index < -0.39 is 0 Å². The molecule has 1 amide bonds. The average Bonchev–Trinajstić information content (AvgIpc) is 2.44. The smallest absolute Gasteiger partial charge is 0.238 e. The molecule has 1 fully saturated rings. The van der Waals surface area contributed by atoms with Gasteiger partial charge in [0, 0.05) is 18.3 Å². The molecule has 4 heteroatoms. The van der Waals surface area contributed by atoms with E-state index in [4.69, 9.17) is 5.73 Å². The third kappa shape index (κ3) is 3.81. The molecule has 1 aliphatic heterocycles. The van der Waals surface area contributed by atoms with Crippen LogP contribution in [-0.4, -0.2) is 29.9 Å². The SMILES string of the molecule is CC1CCCN(CC(=O)Nc2cccc(CN)c2)C1C. The summed E-state index contributed by atoms with van der Waals surface area (Å²) in [6, 6.07) is 8.19. The molecule has 3 N–H and O–H groups in total. The van der Waals surface area contributed by atoms with Gasteiger partial charge >= 0.3 is 0 Å². The molecule has 2 rings (SSSR count). The number of carbonyl (C=O) groups is 1. The van der Waals surface area contributed by atoms with Crippen LogP contribution in [-0.2, 0) is 11.3 Å². The molecule has 4 nitrogen and oxygen atoms in total. The van der Waals surface area contributed by atoms with E-state index in [0.29, 0.717) is 25.0 Å². The highest BCUT2D eigenvalue weighted by Crippen LogP contribution is 2.22. The number of anilines is 1. The van der Waals surface area contributed by atoms with Gasteiger partial charge in [-0.1, -0.05) is 19.1 Å². The minimum absolute atomic E-state index is 0.0557. The molecule has 20 heavy (non-hydrogen) atoms. The topological polar surface area (TPSA) is 58.4 Å². The summed E-state index contributed by atoms with van der Waals surface area (Å²) >= 11 is 0. The summed E-state index contributed by atoms with van der Waals surface area (Å²) in [5.41, 5.74) is 7.47. The highest BCUT2D eigenvalue weighted by molar-refractivity contribution is 5.92. The largest absolute Gasteiger partial charge is 0.326 e. The van der Waals surface area contributed by atoms with Gasteiger partial charge in [0.2, 0.25) is 5.91 Å². The zero-order valence-corrected chi connectivity index (χ0v) is 12.4. The Morgan fingerprint density at radius 3 is 3.00 bits per heavy atom. The molecule has 1 aromatic carbocycles. The summed E-state index contributed by atoms with van der Waals surface area (Å²) in [5, 5.41) is 2.96. The lowest BCUT2D eigenvalue weighted by atomic mass is 9.92. The second kappa shape index (κ2) is 6.86. The molecular formula is C16H25N3O. The number of hydrogen-bond acceptors (Lipinski definition) is 3. The summed E-state index contributed by atoms with van der Waals surface area (Å²) in [7, 11) is 0. The van der Waals surface area contributed by atoms with Crippen molar-refractivity contribution in [3.8, 4) is 0 Å². The van der Waals surface area contributed by atoms with Crippen molar-refractivity contribution >= 4 is 11.6 Å². The number of amides is 1. The van der Waals surface area contributed by atoms with Crippen molar-refractivity contribution in [3.63, 3.8) is 0 Å². The van der Waals surface area contributed by atoms with Crippen molar-refractivity contribution in [2.45, 2.75) is 39.3 Å². The molecule has 0 radical (unpaired) electrons. The van der Waals surface area contributed by atoms with Crippen LogP contribution in [0.3, 0.4) is 0 Å². The first-order chi connectivity index (χ1) is 9.60. The molecule has 0 spiro atoms. The van der Waals surface area contributed by atoms with E-state index in [9.17, 15) is 4.79 Å². The lowest BCUT2D eigenvalue weighted by molar-refractivity contribution is -0.118. The van der Waals surface area contributed by atoms with Gasteiger partial charge in [-0.15, -0.1) is 0 Å². The van der Waals surface area contributed by atoms with Crippen LogP contribution in [0.4, 0.5) is 5.69 Å². The Bertz CT molecular complexity index is 461. The number of hydrogen-bond donors (Lipinski definition) is 2. The Hall–Kier alpha value is -1.39. The maximum absolute atomic E-state index is 12.1. The monoisotopic (exact) mass is 275 g/mol. The van der Waals surface area contributed by atoms with Crippen LogP contribution in [0.2, 0.25) is 0 Å². The Morgan fingerprint density at radius 1 is 1.45 bits per heavy atom. The van der Waals surface area contributed by atoms with Gasteiger partial charge in [0.25, 0.3) is 0 Å². The molecular weight excluding hydrogens is 250 g/mol. The predicted octanol–water partition coefficient (Wildman–Crippen LogP) is 2.20. The number of rotatable bonds is 4. The van der Waals surface area contributed by atoms with Crippen LogP contribution >= 0.6 is 0 Å². The third-order valence-electron chi connectivity index (χ3n) is 4.30. The van der Waals surface area contributed by atoms with Crippen LogP contribution in [0.5, 0.6) is 0 Å². The second-order valence-corrected chi connectivity index (χ2v) is 5.78. The number of nitrogens with two attached hydrogens (primary N) is 1. The van der Waals surface area contributed by atoms with Crippen molar-refractivity contribution in [1.82, 2.24) is 4.90 Å². The number of benzene rings is 1. The highest BCUT2D eigenvalue weighted by Gasteiger charge is 2.25. The van der Waals surface area contributed by atoms with E-state index in [2.05, 4.69) is 24.1 Å². The van der Waals surface area contributed by atoms with Crippen LogP contribution in [0.15, 0.2) is 24.3 Å². The summed E-state index contributed by atoms with van der Waals surface area (Å²) in [6.07, 6.45) is 2.44. The van der Waals surface area contributed by atoms with Gasteiger partial charge in [-0.25, -0.2) is 0 Å². The minimum atomic E-state index is 0.0557. The van der Waals surface area contributed by atoms with Crippen molar-refractivity contribution in [1.29, 1.82) is 0 Å². The zero-order chi connectivity index (χ0) is 14.5. The van der Waals surface area contributed by atoms with Crippen LogP contribution in [0.25, 0.3) is 0 Å². The van der Waals surface area contributed by atoms with Gasteiger partial charge < -0.3 is 11.1 Å². The van der Waals surface area contributed by atoms with Gasteiger partial charge in [-0.05, 0) is 49.9 Å². The van der Waals surface area contributed by atoms with Crippen molar-refractivity contribution in [2.75, 3.05) is 18.4 Å². The molecule has 0 saturated carbocycles. The number of nitrogens with one attached hydrogen (secondary N) is 1. The number of likely N-dealkylation sites (tertiary alicyclic amines) is 1. The fourth-order valence-electron chi connectivity index (χ4n) is 2.81. The fourth-order valence-corrected chi connectivity index (χ4v) is 2.81. The van der Waals surface area contributed by atoms with Gasteiger partial charge in [0.15, 0.2) is 0 Å². The molecule has 1 aliphatic rings. The second-order valence-electron chi connectivity index (χ2n) is 5.78. The molecule has 2 atom stereocenters.